The molecule has 6 nitrogen and oxygen atoms in total. The van der Waals surface area contributed by atoms with Crippen molar-refractivity contribution in [2.45, 2.75) is 52.2 Å². The summed E-state index contributed by atoms with van der Waals surface area (Å²) in [6, 6.07) is 3.96. The first-order chi connectivity index (χ1) is 13.3. The molecule has 1 aliphatic rings. The molecule has 0 saturated heterocycles. The van der Waals surface area contributed by atoms with E-state index in [1.807, 2.05) is 29.9 Å². The first kappa shape index (κ1) is 18.7. The van der Waals surface area contributed by atoms with Crippen LogP contribution in [0.25, 0.3) is 22.0 Å². The van der Waals surface area contributed by atoms with Crippen molar-refractivity contribution in [2.24, 2.45) is 13.0 Å². The Balaban J connectivity index is 1.75. The van der Waals surface area contributed by atoms with Crippen LogP contribution in [0, 0.1) is 11.9 Å². The van der Waals surface area contributed by atoms with E-state index in [0.29, 0.717) is 29.5 Å². The molecule has 0 N–H and O–H groups in total. The molecule has 3 aromatic rings. The van der Waals surface area contributed by atoms with Gasteiger partial charge in [-0.05, 0) is 44.9 Å². The van der Waals surface area contributed by atoms with Crippen molar-refractivity contribution in [2.75, 3.05) is 0 Å². The van der Waals surface area contributed by atoms with Gasteiger partial charge in [0.1, 0.15) is 11.5 Å². The highest BCUT2D eigenvalue weighted by molar-refractivity contribution is 5.90. The molecule has 1 aromatic carbocycles. The van der Waals surface area contributed by atoms with Gasteiger partial charge in [-0.2, -0.15) is 14.6 Å². The fraction of sp³-hybridized carbons (Fsp3) is 0.476. The fourth-order valence-electron chi connectivity index (χ4n) is 3.82. The number of hydrogen-bond donors (Lipinski definition) is 0. The number of benzene rings is 1. The van der Waals surface area contributed by atoms with E-state index in [9.17, 15) is 9.18 Å². The molecule has 0 aliphatic heterocycles. The summed E-state index contributed by atoms with van der Waals surface area (Å²) in [4.78, 5) is 11.6. The lowest BCUT2D eigenvalue weighted by Crippen LogP contribution is -2.22. The third-order valence-corrected chi connectivity index (χ3v) is 5.55. The Kier molecular flexibility index (Phi) is 4.69. The van der Waals surface area contributed by atoms with E-state index in [-0.39, 0.29) is 23.8 Å². The molecule has 4 rings (SSSR count). The van der Waals surface area contributed by atoms with Crippen molar-refractivity contribution in [1.82, 2.24) is 19.6 Å². The van der Waals surface area contributed by atoms with E-state index in [0.717, 1.165) is 17.5 Å². The van der Waals surface area contributed by atoms with Gasteiger partial charge in [-0.15, -0.1) is 0 Å². The summed E-state index contributed by atoms with van der Waals surface area (Å²) in [6.45, 7) is 6.08. The number of Topliss-reactive ketones (excluding diaryl/α,β-unsaturated/α-hetero) is 1. The second kappa shape index (κ2) is 7.04. The van der Waals surface area contributed by atoms with Gasteiger partial charge in [-0.1, -0.05) is 0 Å². The molecule has 7 heteroatoms. The van der Waals surface area contributed by atoms with Gasteiger partial charge < -0.3 is 4.74 Å². The number of carbonyl (C=O) groups is 1. The number of ether oxygens (including phenoxy) is 1. The number of hydrogen-bond acceptors (Lipinski definition) is 4. The first-order valence-corrected chi connectivity index (χ1v) is 9.72. The van der Waals surface area contributed by atoms with Gasteiger partial charge in [0.2, 0.25) is 5.95 Å². The number of halogens is 1. The van der Waals surface area contributed by atoms with E-state index in [1.54, 1.807) is 13.2 Å². The van der Waals surface area contributed by atoms with Gasteiger partial charge in [-0.3, -0.25) is 9.48 Å². The second-order valence-electron chi connectivity index (χ2n) is 7.95. The molecule has 2 atom stereocenters. The van der Waals surface area contributed by atoms with E-state index in [4.69, 9.17) is 4.74 Å². The molecule has 2 aromatic heterocycles. The highest BCUT2D eigenvalue weighted by Gasteiger charge is 2.29. The summed E-state index contributed by atoms with van der Waals surface area (Å²) in [5.41, 5.74) is 2.34. The van der Waals surface area contributed by atoms with Gasteiger partial charge in [0.05, 0.1) is 23.2 Å². The first-order valence-electron chi connectivity index (χ1n) is 9.72. The van der Waals surface area contributed by atoms with Gasteiger partial charge >= 0.3 is 0 Å². The monoisotopic (exact) mass is 384 g/mol. The topological polar surface area (TPSA) is 61.9 Å². The molecule has 1 saturated carbocycles. The molecule has 2 heterocycles. The number of rotatable bonds is 5. The van der Waals surface area contributed by atoms with Crippen LogP contribution < -0.4 is 4.74 Å². The zero-order valence-electron chi connectivity index (χ0n) is 16.6. The van der Waals surface area contributed by atoms with Gasteiger partial charge in [0, 0.05) is 43.6 Å². The van der Waals surface area contributed by atoms with Gasteiger partial charge in [0.15, 0.2) is 0 Å². The van der Waals surface area contributed by atoms with Crippen molar-refractivity contribution in [3.63, 3.8) is 0 Å². The molecule has 0 radical (unpaired) electrons. The van der Waals surface area contributed by atoms with E-state index in [2.05, 4.69) is 24.0 Å². The number of aryl methyl sites for hydroxylation is 1. The summed E-state index contributed by atoms with van der Waals surface area (Å²) in [7, 11) is 1.58. The molecular weight excluding hydrogens is 359 g/mol. The van der Waals surface area contributed by atoms with Crippen LogP contribution in [0.2, 0.25) is 0 Å². The predicted octanol–water partition coefficient (Wildman–Crippen LogP) is 4.29. The lowest BCUT2D eigenvalue weighted by molar-refractivity contribution is -0.117. The van der Waals surface area contributed by atoms with Crippen LogP contribution in [-0.2, 0) is 11.8 Å². The van der Waals surface area contributed by atoms with Crippen molar-refractivity contribution >= 4 is 16.7 Å². The van der Waals surface area contributed by atoms with Crippen LogP contribution in [-0.4, -0.2) is 31.4 Å². The predicted molar refractivity (Wildman–Crippen MR) is 105 cm³/mol. The van der Waals surface area contributed by atoms with E-state index in [1.165, 1.54) is 4.68 Å². The summed E-state index contributed by atoms with van der Waals surface area (Å²) in [5, 5.41) is 9.07. The number of carbonyl (C=O) groups excluding carboxylic acids is 1. The zero-order chi connectivity index (χ0) is 20.0. The lowest BCUT2D eigenvalue weighted by atomic mass is 10.0. The minimum absolute atomic E-state index is 0.162. The molecule has 1 fully saturated rings. The molecule has 148 valence electrons. The van der Waals surface area contributed by atoms with E-state index >= 15 is 0 Å². The normalized spacial score (nSPS) is 18.4. The fourth-order valence-corrected chi connectivity index (χ4v) is 3.82. The molecule has 1 aliphatic carbocycles. The largest absolute Gasteiger partial charge is 0.490 e. The third-order valence-electron chi connectivity index (χ3n) is 5.55. The number of ketones is 1. The lowest BCUT2D eigenvalue weighted by Gasteiger charge is -2.21. The molecule has 0 bridgehead atoms. The van der Waals surface area contributed by atoms with Crippen LogP contribution >= 0.6 is 0 Å². The highest BCUT2D eigenvalue weighted by Crippen LogP contribution is 2.36. The minimum Gasteiger partial charge on any atom is -0.490 e. The Labute approximate surface area is 163 Å². The average Bonchev–Trinajstić information content (AvgIpc) is 3.35. The maximum atomic E-state index is 14.7. The average molecular weight is 384 g/mol. The Morgan fingerprint density at radius 1 is 1.25 bits per heavy atom. The Hall–Kier alpha value is -2.70. The molecule has 28 heavy (non-hydrogen) atoms. The van der Waals surface area contributed by atoms with Crippen molar-refractivity contribution < 1.29 is 13.9 Å². The Bertz CT molecular complexity index is 1040. The van der Waals surface area contributed by atoms with Crippen LogP contribution in [0.15, 0.2) is 24.5 Å². The summed E-state index contributed by atoms with van der Waals surface area (Å²) >= 11 is 0. The Morgan fingerprint density at radius 3 is 2.68 bits per heavy atom. The quantitative estimate of drug-likeness (QED) is 0.658. The molecule has 0 spiro atoms. The van der Waals surface area contributed by atoms with Gasteiger partial charge in [-0.25, -0.2) is 4.68 Å². The number of aromatic nitrogens is 4. The van der Waals surface area contributed by atoms with Crippen LogP contribution in [0.4, 0.5) is 4.39 Å². The molecule has 0 amide bonds. The van der Waals surface area contributed by atoms with Gasteiger partial charge in [0.25, 0.3) is 0 Å². The Morgan fingerprint density at radius 2 is 2.04 bits per heavy atom. The van der Waals surface area contributed by atoms with Crippen molar-refractivity contribution in [3.8, 4) is 16.9 Å². The SMILES string of the molecule is CC(C)n1cc(-c2cc(O[C@H](C)[C@H]3CCC(=O)C3)c3c(F)n(C)nc3c2)cn1. The highest BCUT2D eigenvalue weighted by atomic mass is 19.1. The van der Waals surface area contributed by atoms with Crippen LogP contribution in [0.1, 0.15) is 46.1 Å². The molecular formula is C21H25FN4O2. The molecule has 0 unspecified atom stereocenters. The standard InChI is InChI=1S/C21H25FN4O2/c1-12(2)26-11-16(10-23-26)15-8-18-20(21(22)25(4)24-18)19(9-15)28-13(3)14-5-6-17(27)7-14/h8-14H,5-7H2,1-4H3/t13-,14+/m1/s1. The summed E-state index contributed by atoms with van der Waals surface area (Å²) in [6.07, 6.45) is 5.53. The number of nitrogens with zero attached hydrogens (tertiary/aromatic N) is 4. The number of fused-ring (bicyclic) bond motifs is 1. The smallest absolute Gasteiger partial charge is 0.222 e. The second-order valence-corrected chi connectivity index (χ2v) is 7.95. The maximum absolute atomic E-state index is 14.7. The minimum atomic E-state index is -0.427. The van der Waals surface area contributed by atoms with Crippen LogP contribution in [0.5, 0.6) is 5.75 Å². The van der Waals surface area contributed by atoms with Crippen LogP contribution in [0.3, 0.4) is 0 Å². The summed E-state index contributed by atoms with van der Waals surface area (Å²) in [5.74, 6) is 0.467. The zero-order valence-corrected chi connectivity index (χ0v) is 16.6. The third kappa shape index (κ3) is 3.30. The van der Waals surface area contributed by atoms with Crippen molar-refractivity contribution in [3.05, 3.63) is 30.5 Å². The summed E-state index contributed by atoms with van der Waals surface area (Å²) < 4.78 is 24.0. The van der Waals surface area contributed by atoms with Crippen molar-refractivity contribution in [1.29, 1.82) is 0 Å². The maximum Gasteiger partial charge on any atom is 0.222 e. The van der Waals surface area contributed by atoms with E-state index < -0.39 is 5.95 Å².